The van der Waals surface area contributed by atoms with Crippen molar-refractivity contribution in [3.05, 3.63) is 12.2 Å². The summed E-state index contributed by atoms with van der Waals surface area (Å²) in [5.41, 5.74) is 0.626. The summed E-state index contributed by atoms with van der Waals surface area (Å²) in [6, 6.07) is 0. The Morgan fingerprint density at radius 3 is 2.38 bits per heavy atom. The molecule has 1 amide bonds. The third kappa shape index (κ3) is 1.61. The van der Waals surface area contributed by atoms with Gasteiger partial charge in [-0.2, -0.15) is 0 Å². The van der Waals surface area contributed by atoms with Gasteiger partial charge in [-0.15, -0.1) is 0 Å². The third-order valence-corrected chi connectivity index (χ3v) is 2.70. The smallest absolute Gasteiger partial charge is 0.249 e. The first-order valence-corrected chi connectivity index (χ1v) is 4.77. The zero-order valence-corrected chi connectivity index (χ0v) is 7.95. The van der Waals surface area contributed by atoms with Crippen molar-refractivity contribution in [1.29, 1.82) is 0 Å². The summed E-state index contributed by atoms with van der Waals surface area (Å²) < 4.78 is 5.63. The minimum absolute atomic E-state index is 0.0835. The maximum Gasteiger partial charge on any atom is 0.249 e. The molecule has 13 heavy (non-hydrogen) atoms. The lowest BCUT2D eigenvalue weighted by Gasteiger charge is -2.32. The summed E-state index contributed by atoms with van der Waals surface area (Å²) in [6.07, 6.45) is 2.76. The second-order valence-corrected chi connectivity index (χ2v) is 3.95. The van der Waals surface area contributed by atoms with E-state index < -0.39 is 0 Å². The summed E-state index contributed by atoms with van der Waals surface area (Å²) in [5.74, 6) is 0.0835. The fraction of sp³-hybridized carbons (Fsp3) is 0.700. The zero-order chi connectivity index (χ0) is 9.42. The lowest BCUT2D eigenvalue weighted by Crippen LogP contribution is -2.46. The fourth-order valence-electron chi connectivity index (χ4n) is 2.05. The van der Waals surface area contributed by atoms with E-state index in [1.165, 1.54) is 0 Å². The van der Waals surface area contributed by atoms with Crippen LogP contribution in [0.4, 0.5) is 0 Å². The van der Waals surface area contributed by atoms with Crippen molar-refractivity contribution in [2.45, 2.75) is 32.0 Å². The Hall–Kier alpha value is -0.830. The van der Waals surface area contributed by atoms with Crippen LogP contribution in [-0.4, -0.2) is 36.1 Å². The van der Waals surface area contributed by atoms with E-state index in [1.54, 1.807) is 6.92 Å². The number of nitrogens with zero attached hydrogens (tertiary/aromatic N) is 1. The van der Waals surface area contributed by atoms with E-state index in [1.807, 2.05) is 4.90 Å². The first kappa shape index (κ1) is 8.75. The minimum atomic E-state index is 0.0835. The lowest BCUT2D eigenvalue weighted by atomic mass is 10.2. The highest BCUT2D eigenvalue weighted by atomic mass is 16.5. The predicted molar refractivity (Wildman–Crippen MR) is 49.3 cm³/mol. The highest BCUT2D eigenvalue weighted by Gasteiger charge is 2.35. The number of morpholine rings is 1. The molecule has 0 aromatic heterocycles. The molecule has 0 radical (unpaired) electrons. The van der Waals surface area contributed by atoms with Gasteiger partial charge in [0, 0.05) is 18.7 Å². The van der Waals surface area contributed by atoms with Crippen LogP contribution in [0.5, 0.6) is 0 Å². The Bertz CT molecular complexity index is 237. The molecule has 3 heteroatoms. The molecule has 2 fully saturated rings. The number of carbonyl (C=O) groups is 1. The molecule has 0 spiro atoms. The van der Waals surface area contributed by atoms with Crippen molar-refractivity contribution in [2.75, 3.05) is 13.1 Å². The summed E-state index contributed by atoms with van der Waals surface area (Å²) >= 11 is 0. The summed E-state index contributed by atoms with van der Waals surface area (Å²) in [5, 5.41) is 0. The van der Waals surface area contributed by atoms with Gasteiger partial charge in [0.15, 0.2) is 0 Å². The second-order valence-electron chi connectivity index (χ2n) is 3.95. The van der Waals surface area contributed by atoms with E-state index in [0.717, 1.165) is 25.9 Å². The molecular weight excluding hydrogens is 166 g/mol. The number of amides is 1. The van der Waals surface area contributed by atoms with Gasteiger partial charge in [-0.3, -0.25) is 4.79 Å². The van der Waals surface area contributed by atoms with Crippen molar-refractivity contribution >= 4 is 5.91 Å². The van der Waals surface area contributed by atoms with Crippen LogP contribution in [0.1, 0.15) is 19.8 Å². The first-order chi connectivity index (χ1) is 6.16. The van der Waals surface area contributed by atoms with Gasteiger partial charge >= 0.3 is 0 Å². The van der Waals surface area contributed by atoms with Gasteiger partial charge in [0.25, 0.3) is 0 Å². The summed E-state index contributed by atoms with van der Waals surface area (Å²) in [7, 11) is 0. The molecule has 2 unspecified atom stereocenters. The molecule has 2 bridgehead atoms. The van der Waals surface area contributed by atoms with Gasteiger partial charge < -0.3 is 9.64 Å². The number of fused-ring (bicyclic) bond motifs is 2. The molecule has 3 nitrogen and oxygen atoms in total. The molecule has 2 heterocycles. The maximum atomic E-state index is 11.6. The van der Waals surface area contributed by atoms with Gasteiger partial charge in [-0.05, 0) is 19.8 Å². The molecule has 2 atom stereocenters. The number of ether oxygens (including phenoxy) is 1. The van der Waals surface area contributed by atoms with E-state index >= 15 is 0 Å². The number of likely N-dealkylation sites (tertiary alicyclic amines) is 1. The monoisotopic (exact) mass is 181 g/mol. The van der Waals surface area contributed by atoms with Crippen molar-refractivity contribution in [3.8, 4) is 0 Å². The standard InChI is InChI=1S/C10H15NO2/c1-7(2)10(12)11-5-8-3-4-9(6-11)13-8/h8-9H,1,3-6H2,2H3. The van der Waals surface area contributed by atoms with E-state index in [2.05, 4.69) is 6.58 Å². The van der Waals surface area contributed by atoms with Gasteiger partial charge in [0.2, 0.25) is 5.91 Å². The number of carbonyl (C=O) groups excluding carboxylic acids is 1. The van der Waals surface area contributed by atoms with Crippen LogP contribution in [0.3, 0.4) is 0 Å². The Balaban J connectivity index is 2.02. The summed E-state index contributed by atoms with van der Waals surface area (Å²) in [4.78, 5) is 13.5. The molecule has 0 aromatic rings. The zero-order valence-electron chi connectivity index (χ0n) is 7.95. The van der Waals surface area contributed by atoms with Crippen molar-refractivity contribution < 1.29 is 9.53 Å². The number of hydrogen-bond acceptors (Lipinski definition) is 2. The molecule has 0 saturated carbocycles. The minimum Gasteiger partial charge on any atom is -0.371 e. The van der Waals surface area contributed by atoms with Gasteiger partial charge in [0.05, 0.1) is 12.2 Å². The maximum absolute atomic E-state index is 11.6. The molecule has 2 aliphatic heterocycles. The highest BCUT2D eigenvalue weighted by Crippen LogP contribution is 2.26. The van der Waals surface area contributed by atoms with Crippen molar-refractivity contribution in [2.24, 2.45) is 0 Å². The van der Waals surface area contributed by atoms with E-state index in [9.17, 15) is 4.79 Å². The lowest BCUT2D eigenvalue weighted by molar-refractivity contribution is -0.135. The van der Waals surface area contributed by atoms with E-state index in [-0.39, 0.29) is 18.1 Å². The van der Waals surface area contributed by atoms with Crippen LogP contribution in [0.2, 0.25) is 0 Å². The largest absolute Gasteiger partial charge is 0.371 e. The Morgan fingerprint density at radius 2 is 1.92 bits per heavy atom. The van der Waals surface area contributed by atoms with Crippen LogP contribution >= 0.6 is 0 Å². The topological polar surface area (TPSA) is 29.5 Å². The first-order valence-electron chi connectivity index (χ1n) is 4.77. The molecule has 0 aromatic carbocycles. The molecule has 0 aliphatic carbocycles. The van der Waals surface area contributed by atoms with E-state index in [0.29, 0.717) is 5.57 Å². The molecule has 2 aliphatic rings. The van der Waals surface area contributed by atoms with Crippen molar-refractivity contribution in [1.82, 2.24) is 4.90 Å². The van der Waals surface area contributed by atoms with Crippen LogP contribution < -0.4 is 0 Å². The Kier molecular flexibility index (Phi) is 2.12. The average Bonchev–Trinajstić information content (AvgIpc) is 2.44. The van der Waals surface area contributed by atoms with Crippen LogP contribution in [0.15, 0.2) is 12.2 Å². The van der Waals surface area contributed by atoms with Crippen LogP contribution in [0, 0.1) is 0 Å². The second kappa shape index (κ2) is 3.14. The molecular formula is C10H15NO2. The Labute approximate surface area is 78.4 Å². The fourth-order valence-corrected chi connectivity index (χ4v) is 2.05. The van der Waals surface area contributed by atoms with E-state index in [4.69, 9.17) is 4.74 Å². The summed E-state index contributed by atoms with van der Waals surface area (Å²) in [6.45, 7) is 6.94. The highest BCUT2D eigenvalue weighted by molar-refractivity contribution is 5.92. The van der Waals surface area contributed by atoms with Crippen LogP contribution in [0.25, 0.3) is 0 Å². The van der Waals surface area contributed by atoms with Gasteiger partial charge in [-0.1, -0.05) is 6.58 Å². The van der Waals surface area contributed by atoms with Crippen molar-refractivity contribution in [3.63, 3.8) is 0 Å². The normalized spacial score (nSPS) is 31.9. The number of rotatable bonds is 1. The molecule has 72 valence electrons. The number of hydrogen-bond donors (Lipinski definition) is 0. The molecule has 2 saturated heterocycles. The SMILES string of the molecule is C=C(C)C(=O)N1CC2CCC(C1)O2. The predicted octanol–water partition coefficient (Wildman–Crippen LogP) is 0.952. The van der Waals surface area contributed by atoms with Crippen LogP contribution in [-0.2, 0) is 9.53 Å². The van der Waals surface area contributed by atoms with Gasteiger partial charge in [-0.25, -0.2) is 0 Å². The quantitative estimate of drug-likeness (QED) is 0.564. The Morgan fingerprint density at radius 1 is 1.38 bits per heavy atom. The van der Waals surface area contributed by atoms with Gasteiger partial charge in [0.1, 0.15) is 0 Å². The molecule has 2 rings (SSSR count). The average molecular weight is 181 g/mol. The molecule has 0 N–H and O–H groups in total. The third-order valence-electron chi connectivity index (χ3n) is 2.70.